The lowest BCUT2D eigenvalue weighted by atomic mass is 10.2. The molecule has 0 aliphatic heterocycles. The van der Waals surface area contributed by atoms with E-state index in [1.54, 1.807) is 0 Å². The van der Waals surface area contributed by atoms with E-state index in [0.29, 0.717) is 11.8 Å². The number of rotatable bonds is 2. The molecule has 0 radical (unpaired) electrons. The third-order valence-electron chi connectivity index (χ3n) is 2.01. The van der Waals surface area contributed by atoms with Crippen molar-refractivity contribution in [3.05, 3.63) is 29.7 Å². The van der Waals surface area contributed by atoms with Gasteiger partial charge in [0.2, 0.25) is 5.88 Å². The third-order valence-corrected chi connectivity index (χ3v) is 2.01. The van der Waals surface area contributed by atoms with Crippen LogP contribution in [0, 0.1) is 5.82 Å². The Morgan fingerprint density at radius 3 is 2.93 bits per heavy atom. The van der Waals surface area contributed by atoms with Crippen molar-refractivity contribution >= 4 is 17.3 Å². The summed E-state index contributed by atoms with van der Waals surface area (Å²) in [5.41, 5.74) is 0.572. The van der Waals surface area contributed by atoms with Crippen molar-refractivity contribution in [3.63, 3.8) is 0 Å². The molecule has 0 unspecified atom stereocenters. The average molecular weight is 206 g/mol. The Labute approximate surface area is 84.7 Å². The number of benzene rings is 1. The largest absolute Gasteiger partial charge is 0.480 e. The van der Waals surface area contributed by atoms with E-state index in [0.717, 1.165) is 0 Å². The van der Waals surface area contributed by atoms with Gasteiger partial charge in [-0.15, -0.1) is 0 Å². The Balaban J connectivity index is 2.81. The topological polar surface area (TPSA) is 52.1 Å². The number of aromatic nitrogens is 2. The van der Waals surface area contributed by atoms with Crippen LogP contribution in [0.3, 0.4) is 0 Å². The molecular formula is C10H7FN2O2. The van der Waals surface area contributed by atoms with Crippen LogP contribution >= 0.6 is 0 Å². The maximum atomic E-state index is 13.2. The summed E-state index contributed by atoms with van der Waals surface area (Å²) in [6.45, 7) is 0. The fourth-order valence-electron chi connectivity index (χ4n) is 1.27. The molecule has 76 valence electrons. The smallest absolute Gasteiger partial charge is 0.232 e. The molecule has 1 heterocycles. The minimum atomic E-state index is -0.611. The van der Waals surface area contributed by atoms with Gasteiger partial charge in [0.1, 0.15) is 11.3 Å². The molecule has 0 aliphatic carbocycles. The number of carbonyl (C=O) groups excluding carboxylic acids is 1. The zero-order valence-corrected chi connectivity index (χ0v) is 7.90. The third kappa shape index (κ3) is 1.52. The monoisotopic (exact) mass is 206 g/mol. The first kappa shape index (κ1) is 9.51. The van der Waals surface area contributed by atoms with Crippen LogP contribution in [0.1, 0.15) is 10.4 Å². The van der Waals surface area contributed by atoms with E-state index in [9.17, 15) is 9.18 Å². The van der Waals surface area contributed by atoms with Crippen molar-refractivity contribution in [2.75, 3.05) is 7.11 Å². The van der Waals surface area contributed by atoms with Gasteiger partial charge in [-0.2, -0.15) is 0 Å². The summed E-state index contributed by atoms with van der Waals surface area (Å²) in [4.78, 5) is 18.7. The molecule has 4 nitrogen and oxygen atoms in total. The van der Waals surface area contributed by atoms with Crippen molar-refractivity contribution in [1.29, 1.82) is 0 Å². The molecule has 0 N–H and O–H groups in total. The Morgan fingerprint density at radius 2 is 2.27 bits per heavy atom. The minimum absolute atomic E-state index is 0.0982. The first-order chi connectivity index (χ1) is 7.26. The minimum Gasteiger partial charge on any atom is -0.480 e. The summed E-state index contributed by atoms with van der Waals surface area (Å²) in [6, 6.07) is 2.65. The lowest BCUT2D eigenvalue weighted by Gasteiger charge is -2.02. The molecule has 0 spiro atoms. The van der Waals surface area contributed by atoms with Gasteiger partial charge in [-0.25, -0.2) is 14.4 Å². The average Bonchev–Trinajstić information content (AvgIpc) is 2.28. The van der Waals surface area contributed by atoms with Crippen LogP contribution in [0.5, 0.6) is 5.88 Å². The highest BCUT2D eigenvalue weighted by Gasteiger charge is 2.09. The molecule has 0 atom stereocenters. The normalized spacial score (nSPS) is 10.3. The number of carbonyl (C=O) groups is 1. The van der Waals surface area contributed by atoms with Crippen molar-refractivity contribution in [2.45, 2.75) is 0 Å². The zero-order valence-electron chi connectivity index (χ0n) is 7.90. The molecule has 0 fully saturated rings. The SMILES string of the molecule is COc1cnc2ccc(F)c(C=O)c2n1. The predicted molar refractivity (Wildman–Crippen MR) is 51.4 cm³/mol. The maximum Gasteiger partial charge on any atom is 0.232 e. The molecule has 1 aromatic heterocycles. The fourth-order valence-corrected chi connectivity index (χ4v) is 1.27. The van der Waals surface area contributed by atoms with Gasteiger partial charge in [0, 0.05) is 0 Å². The van der Waals surface area contributed by atoms with E-state index in [1.165, 1.54) is 25.4 Å². The highest BCUT2D eigenvalue weighted by molar-refractivity contribution is 5.94. The van der Waals surface area contributed by atoms with Gasteiger partial charge < -0.3 is 4.74 Å². The first-order valence-corrected chi connectivity index (χ1v) is 4.20. The van der Waals surface area contributed by atoms with E-state index < -0.39 is 5.82 Å². The van der Waals surface area contributed by atoms with Gasteiger partial charge in [0.25, 0.3) is 0 Å². The van der Waals surface area contributed by atoms with E-state index >= 15 is 0 Å². The Kier molecular flexibility index (Phi) is 2.29. The van der Waals surface area contributed by atoms with Crippen molar-refractivity contribution in [3.8, 4) is 5.88 Å². The first-order valence-electron chi connectivity index (χ1n) is 4.20. The number of halogens is 1. The molecule has 0 aliphatic rings. The van der Waals surface area contributed by atoms with Crippen LogP contribution in [0.2, 0.25) is 0 Å². The van der Waals surface area contributed by atoms with Crippen molar-refractivity contribution in [1.82, 2.24) is 9.97 Å². The highest BCUT2D eigenvalue weighted by atomic mass is 19.1. The van der Waals surface area contributed by atoms with Gasteiger partial charge in [-0.1, -0.05) is 0 Å². The van der Waals surface area contributed by atoms with Gasteiger partial charge in [-0.3, -0.25) is 4.79 Å². The van der Waals surface area contributed by atoms with Gasteiger partial charge >= 0.3 is 0 Å². The number of fused-ring (bicyclic) bond motifs is 1. The summed E-state index contributed by atoms with van der Waals surface area (Å²) >= 11 is 0. The molecule has 0 saturated carbocycles. The lowest BCUT2D eigenvalue weighted by Crippen LogP contribution is -1.96. The molecule has 2 rings (SSSR count). The molecular weight excluding hydrogens is 199 g/mol. The van der Waals surface area contributed by atoms with Crippen LogP contribution in [0.4, 0.5) is 4.39 Å². The van der Waals surface area contributed by atoms with Crippen molar-refractivity contribution < 1.29 is 13.9 Å². The van der Waals surface area contributed by atoms with Gasteiger partial charge in [-0.05, 0) is 12.1 Å². The second kappa shape index (κ2) is 3.61. The number of hydrogen-bond donors (Lipinski definition) is 0. The maximum absolute atomic E-state index is 13.2. The number of nitrogens with zero attached hydrogens (tertiary/aromatic N) is 2. The van der Waals surface area contributed by atoms with Gasteiger partial charge in [0.05, 0.1) is 24.4 Å². The highest BCUT2D eigenvalue weighted by Crippen LogP contribution is 2.18. The Hall–Kier alpha value is -2.04. The molecule has 0 saturated heterocycles. The van der Waals surface area contributed by atoms with Crippen LogP contribution in [-0.2, 0) is 0 Å². The van der Waals surface area contributed by atoms with Crippen LogP contribution < -0.4 is 4.74 Å². The zero-order chi connectivity index (χ0) is 10.8. The molecule has 5 heteroatoms. The number of aldehydes is 1. The molecule has 0 bridgehead atoms. The second-order valence-corrected chi connectivity index (χ2v) is 2.86. The number of hydrogen-bond acceptors (Lipinski definition) is 4. The quantitative estimate of drug-likeness (QED) is 0.700. The fraction of sp³-hybridized carbons (Fsp3) is 0.100. The molecule has 0 amide bonds. The summed E-state index contributed by atoms with van der Waals surface area (Å²) in [7, 11) is 1.43. The standard InChI is InChI=1S/C10H7FN2O2/c1-15-9-4-12-8-3-2-7(11)6(5-14)10(8)13-9/h2-5H,1H3. The Bertz CT molecular complexity index is 528. The summed E-state index contributed by atoms with van der Waals surface area (Å²) in [5, 5.41) is 0. The van der Waals surface area contributed by atoms with Gasteiger partial charge in [0.15, 0.2) is 6.29 Å². The summed E-state index contributed by atoms with van der Waals surface area (Å²) in [5.74, 6) is -0.365. The summed E-state index contributed by atoms with van der Waals surface area (Å²) in [6.07, 6.45) is 1.83. The molecule has 15 heavy (non-hydrogen) atoms. The number of ether oxygens (including phenoxy) is 1. The van der Waals surface area contributed by atoms with E-state index in [1.807, 2.05) is 0 Å². The molecule has 2 aromatic rings. The second-order valence-electron chi connectivity index (χ2n) is 2.86. The van der Waals surface area contributed by atoms with E-state index in [2.05, 4.69) is 9.97 Å². The van der Waals surface area contributed by atoms with Crippen LogP contribution in [0.25, 0.3) is 11.0 Å². The Morgan fingerprint density at radius 1 is 1.47 bits per heavy atom. The van der Waals surface area contributed by atoms with E-state index in [4.69, 9.17) is 4.74 Å². The van der Waals surface area contributed by atoms with Crippen molar-refractivity contribution in [2.24, 2.45) is 0 Å². The van der Waals surface area contributed by atoms with Crippen LogP contribution in [0.15, 0.2) is 18.3 Å². The molecule has 1 aromatic carbocycles. The predicted octanol–water partition coefficient (Wildman–Crippen LogP) is 1.59. The summed E-state index contributed by atoms with van der Waals surface area (Å²) < 4.78 is 18.1. The van der Waals surface area contributed by atoms with E-state index in [-0.39, 0.29) is 17.0 Å². The van der Waals surface area contributed by atoms with Crippen LogP contribution in [-0.4, -0.2) is 23.4 Å². The lowest BCUT2D eigenvalue weighted by molar-refractivity contribution is 0.112. The number of methoxy groups -OCH3 is 1.